The summed E-state index contributed by atoms with van der Waals surface area (Å²) in [5.74, 6) is -0.625. The number of aliphatic hydroxyl groups excluding tert-OH is 1. The summed E-state index contributed by atoms with van der Waals surface area (Å²) in [7, 11) is 0. The first-order valence-electron chi connectivity index (χ1n) is 1.84. The van der Waals surface area contributed by atoms with Crippen LogP contribution in [-0.4, -0.2) is 17.5 Å². The number of rotatable bonds is 0. The molecular formula is C4H4O3. The molecule has 38 valence electrons. The van der Waals surface area contributed by atoms with Gasteiger partial charge in [-0.25, -0.2) is 0 Å². The van der Waals surface area contributed by atoms with Crippen LogP contribution < -0.4 is 0 Å². The zero-order chi connectivity index (χ0) is 5.28. The van der Waals surface area contributed by atoms with Gasteiger partial charge >= 0.3 is 0 Å². The first kappa shape index (κ1) is 4.18. The summed E-state index contributed by atoms with van der Waals surface area (Å²) in [6.45, 7) is -0.00810. The van der Waals surface area contributed by atoms with Gasteiger partial charge in [-0.05, 0) is 0 Å². The molecule has 1 heterocycles. The van der Waals surface area contributed by atoms with Crippen LogP contribution in [0.4, 0.5) is 0 Å². The maximum Gasteiger partial charge on any atom is 0.237 e. The monoisotopic (exact) mass is 100 g/mol. The number of Topliss-reactive ketones (excluding diaryl/α,β-unsaturated/α-hetero) is 1. The SMILES string of the molecule is O=C1COC=C1O. The lowest BCUT2D eigenvalue weighted by atomic mass is 10.4. The number of hydrogen-bond acceptors (Lipinski definition) is 3. The number of aliphatic hydroxyl groups is 1. The van der Waals surface area contributed by atoms with E-state index in [1.165, 1.54) is 0 Å². The van der Waals surface area contributed by atoms with Gasteiger partial charge < -0.3 is 9.84 Å². The van der Waals surface area contributed by atoms with Crippen LogP contribution in [0.25, 0.3) is 0 Å². The molecule has 1 aliphatic heterocycles. The molecule has 0 fully saturated rings. The van der Waals surface area contributed by atoms with Crippen molar-refractivity contribution in [2.45, 2.75) is 0 Å². The number of ketones is 1. The lowest BCUT2D eigenvalue weighted by molar-refractivity contribution is -0.118. The second-order valence-corrected chi connectivity index (χ2v) is 1.24. The van der Waals surface area contributed by atoms with Gasteiger partial charge in [-0.15, -0.1) is 0 Å². The average molecular weight is 100 g/mol. The molecule has 1 aliphatic rings. The highest BCUT2D eigenvalue weighted by atomic mass is 16.5. The van der Waals surface area contributed by atoms with Crippen molar-refractivity contribution in [2.75, 3.05) is 6.61 Å². The van der Waals surface area contributed by atoms with Gasteiger partial charge in [0.1, 0.15) is 6.26 Å². The van der Waals surface area contributed by atoms with Gasteiger partial charge in [0.25, 0.3) is 0 Å². The Hall–Kier alpha value is -0.990. The topological polar surface area (TPSA) is 46.5 Å². The van der Waals surface area contributed by atoms with Crippen LogP contribution in [0.2, 0.25) is 0 Å². The van der Waals surface area contributed by atoms with Crippen molar-refractivity contribution in [1.82, 2.24) is 0 Å². The fourth-order valence-corrected chi connectivity index (χ4v) is 0.336. The molecule has 7 heavy (non-hydrogen) atoms. The lowest BCUT2D eigenvalue weighted by Crippen LogP contribution is -1.99. The molecule has 0 bridgehead atoms. The highest BCUT2D eigenvalue weighted by Crippen LogP contribution is 1.99. The quantitative estimate of drug-likeness (QED) is 0.465. The predicted octanol–water partition coefficient (Wildman–Crippen LogP) is -0.0149. The molecule has 0 saturated heterocycles. The van der Waals surface area contributed by atoms with Gasteiger partial charge in [0, 0.05) is 0 Å². The summed E-state index contributed by atoms with van der Waals surface area (Å²) in [6.07, 6.45) is 1.04. The van der Waals surface area contributed by atoms with E-state index in [2.05, 4.69) is 4.74 Å². The van der Waals surface area contributed by atoms with Crippen molar-refractivity contribution < 1.29 is 14.6 Å². The van der Waals surface area contributed by atoms with Gasteiger partial charge in [-0.1, -0.05) is 0 Å². The van der Waals surface area contributed by atoms with Crippen LogP contribution in [0.3, 0.4) is 0 Å². The molecule has 0 aromatic heterocycles. The fraction of sp³-hybridized carbons (Fsp3) is 0.250. The van der Waals surface area contributed by atoms with E-state index in [1.54, 1.807) is 0 Å². The van der Waals surface area contributed by atoms with E-state index in [0.29, 0.717) is 0 Å². The summed E-state index contributed by atoms with van der Waals surface area (Å²) in [5.41, 5.74) is 0. The second-order valence-electron chi connectivity index (χ2n) is 1.24. The standard InChI is InChI=1S/C4H4O3/c5-3-1-7-2-4(3)6/h1,5H,2H2. The molecule has 1 N–H and O–H groups in total. The third-order valence-electron chi connectivity index (χ3n) is 0.695. The third-order valence-corrected chi connectivity index (χ3v) is 0.695. The highest BCUT2D eigenvalue weighted by molar-refractivity contribution is 5.95. The molecule has 0 aromatic rings. The molecule has 0 spiro atoms. The van der Waals surface area contributed by atoms with E-state index >= 15 is 0 Å². The smallest absolute Gasteiger partial charge is 0.237 e. The van der Waals surface area contributed by atoms with Crippen LogP contribution >= 0.6 is 0 Å². The van der Waals surface area contributed by atoms with E-state index in [4.69, 9.17) is 5.11 Å². The Bertz CT molecular complexity index is 125. The average Bonchev–Trinajstić information content (AvgIpc) is 1.91. The molecule has 0 aromatic carbocycles. The zero-order valence-electron chi connectivity index (χ0n) is 3.55. The van der Waals surface area contributed by atoms with E-state index < -0.39 is 0 Å². The van der Waals surface area contributed by atoms with Crippen molar-refractivity contribution in [3.05, 3.63) is 12.0 Å². The third kappa shape index (κ3) is 0.559. The first-order chi connectivity index (χ1) is 3.30. The summed E-state index contributed by atoms with van der Waals surface area (Å²) in [4.78, 5) is 10.1. The molecular weight excluding hydrogens is 96.0 g/mol. The van der Waals surface area contributed by atoms with Crippen LogP contribution in [0, 0.1) is 0 Å². The summed E-state index contributed by atoms with van der Waals surface area (Å²) < 4.78 is 4.41. The van der Waals surface area contributed by atoms with E-state index in [1.807, 2.05) is 0 Å². The minimum absolute atomic E-state index is 0.00810. The molecule has 3 heteroatoms. The summed E-state index contributed by atoms with van der Waals surface area (Å²) >= 11 is 0. The first-order valence-corrected chi connectivity index (χ1v) is 1.84. The zero-order valence-corrected chi connectivity index (χ0v) is 3.55. The maximum atomic E-state index is 10.1. The van der Waals surface area contributed by atoms with Gasteiger partial charge in [-0.3, -0.25) is 4.79 Å². The van der Waals surface area contributed by atoms with Gasteiger partial charge in [-0.2, -0.15) is 0 Å². The van der Waals surface area contributed by atoms with Crippen LogP contribution in [-0.2, 0) is 9.53 Å². The minimum Gasteiger partial charge on any atom is -0.502 e. The Labute approximate surface area is 40.2 Å². The largest absolute Gasteiger partial charge is 0.502 e. The molecule has 0 unspecified atom stereocenters. The lowest BCUT2D eigenvalue weighted by Gasteiger charge is -1.79. The van der Waals surface area contributed by atoms with Crippen LogP contribution in [0.1, 0.15) is 0 Å². The Morgan fingerprint density at radius 1 is 1.86 bits per heavy atom. The minimum atomic E-state index is -0.347. The fourth-order valence-electron chi connectivity index (χ4n) is 0.336. The Kier molecular flexibility index (Phi) is 0.749. The van der Waals surface area contributed by atoms with E-state index in [-0.39, 0.29) is 18.1 Å². The predicted molar refractivity (Wildman–Crippen MR) is 21.7 cm³/mol. The van der Waals surface area contributed by atoms with Gasteiger partial charge in [0.05, 0.1) is 0 Å². The Balaban J connectivity index is 2.72. The van der Waals surface area contributed by atoms with Gasteiger partial charge in [0.2, 0.25) is 5.78 Å². The van der Waals surface area contributed by atoms with E-state index in [9.17, 15) is 4.79 Å². The molecule has 0 atom stereocenters. The van der Waals surface area contributed by atoms with Crippen molar-refractivity contribution >= 4 is 5.78 Å². The summed E-state index contributed by atoms with van der Waals surface area (Å²) in [5, 5.41) is 8.38. The Morgan fingerprint density at radius 2 is 2.57 bits per heavy atom. The number of carbonyl (C=O) groups is 1. The number of carbonyl (C=O) groups excluding carboxylic acids is 1. The molecule has 0 amide bonds. The Morgan fingerprint density at radius 3 is 2.71 bits per heavy atom. The normalized spacial score (nSPS) is 18.9. The van der Waals surface area contributed by atoms with Crippen molar-refractivity contribution in [2.24, 2.45) is 0 Å². The molecule has 1 rings (SSSR count). The number of hydrogen-bond donors (Lipinski definition) is 1. The molecule has 0 saturated carbocycles. The van der Waals surface area contributed by atoms with Crippen LogP contribution in [0.5, 0.6) is 0 Å². The summed E-state index contributed by atoms with van der Waals surface area (Å²) in [6, 6.07) is 0. The highest BCUT2D eigenvalue weighted by Gasteiger charge is 2.13. The van der Waals surface area contributed by atoms with Gasteiger partial charge in [0.15, 0.2) is 12.4 Å². The van der Waals surface area contributed by atoms with Crippen molar-refractivity contribution in [1.29, 1.82) is 0 Å². The second kappa shape index (κ2) is 1.26. The molecule has 3 nitrogen and oxygen atoms in total. The van der Waals surface area contributed by atoms with E-state index in [0.717, 1.165) is 6.26 Å². The molecule has 0 radical (unpaired) electrons. The van der Waals surface area contributed by atoms with Crippen molar-refractivity contribution in [3.63, 3.8) is 0 Å². The van der Waals surface area contributed by atoms with Crippen LogP contribution in [0.15, 0.2) is 12.0 Å². The number of ether oxygens (including phenoxy) is 1. The maximum absolute atomic E-state index is 10.1. The van der Waals surface area contributed by atoms with Crippen molar-refractivity contribution in [3.8, 4) is 0 Å². The molecule has 0 aliphatic carbocycles.